The molecule has 5 nitrogen and oxygen atoms in total. The van der Waals surface area contributed by atoms with Crippen molar-refractivity contribution in [2.24, 2.45) is 0 Å². The fourth-order valence-corrected chi connectivity index (χ4v) is 2.38. The quantitative estimate of drug-likeness (QED) is 0.880. The normalized spacial score (nSPS) is 9.71. The summed E-state index contributed by atoms with van der Waals surface area (Å²) in [7, 11) is 0. The first kappa shape index (κ1) is 14.8. The summed E-state index contributed by atoms with van der Waals surface area (Å²) < 4.78 is 4.93. The Kier molecular flexibility index (Phi) is 4.69. The summed E-state index contributed by atoms with van der Waals surface area (Å²) in [5, 5.41) is 11.5. The van der Waals surface area contributed by atoms with Crippen LogP contribution >= 0.6 is 11.3 Å². The average Bonchev–Trinajstić information content (AvgIpc) is 2.92. The predicted octanol–water partition coefficient (Wildman–Crippen LogP) is 2.72. The molecule has 1 amide bonds. The molecule has 106 valence electrons. The van der Waals surface area contributed by atoms with Gasteiger partial charge in [0, 0.05) is 4.88 Å². The van der Waals surface area contributed by atoms with Crippen LogP contribution in [0.15, 0.2) is 36.4 Å². The summed E-state index contributed by atoms with van der Waals surface area (Å²) in [4.78, 5) is 24.9. The van der Waals surface area contributed by atoms with Gasteiger partial charge in [-0.05, 0) is 31.2 Å². The van der Waals surface area contributed by atoms with Crippen LogP contribution in [0.2, 0.25) is 0 Å². The highest BCUT2D eigenvalue weighted by Gasteiger charge is 2.12. The van der Waals surface area contributed by atoms with Crippen LogP contribution in [0, 0.1) is 18.3 Å². The second-order valence-electron chi connectivity index (χ2n) is 4.19. The number of carbonyl (C=O) groups is 2. The van der Waals surface area contributed by atoms with Gasteiger partial charge in [0.05, 0.1) is 11.3 Å². The van der Waals surface area contributed by atoms with Gasteiger partial charge in [-0.25, -0.2) is 4.79 Å². The van der Waals surface area contributed by atoms with Crippen LogP contribution in [0.1, 0.15) is 20.1 Å². The molecule has 0 aliphatic rings. The number of benzene rings is 1. The van der Waals surface area contributed by atoms with Crippen molar-refractivity contribution in [1.82, 2.24) is 0 Å². The molecular formula is C15H12N2O3S. The monoisotopic (exact) mass is 300 g/mol. The third-order valence-corrected chi connectivity index (χ3v) is 3.58. The van der Waals surface area contributed by atoms with Crippen LogP contribution in [0.3, 0.4) is 0 Å². The molecule has 0 aliphatic heterocycles. The van der Waals surface area contributed by atoms with Gasteiger partial charge < -0.3 is 10.1 Å². The van der Waals surface area contributed by atoms with E-state index < -0.39 is 18.5 Å². The van der Waals surface area contributed by atoms with Crippen molar-refractivity contribution in [3.05, 3.63) is 51.7 Å². The zero-order chi connectivity index (χ0) is 15.2. The van der Waals surface area contributed by atoms with E-state index in [9.17, 15) is 9.59 Å². The predicted molar refractivity (Wildman–Crippen MR) is 79.1 cm³/mol. The lowest BCUT2D eigenvalue weighted by Crippen LogP contribution is -2.21. The lowest BCUT2D eigenvalue weighted by atomic mass is 10.2. The Labute approximate surface area is 125 Å². The summed E-state index contributed by atoms with van der Waals surface area (Å²) in [6.45, 7) is 1.49. The molecule has 0 radical (unpaired) electrons. The van der Waals surface area contributed by atoms with Crippen LogP contribution < -0.4 is 5.32 Å². The summed E-state index contributed by atoms with van der Waals surface area (Å²) in [6, 6.07) is 12.1. The smallest absolute Gasteiger partial charge is 0.348 e. The molecule has 0 saturated heterocycles. The van der Waals surface area contributed by atoms with Crippen LogP contribution in [0.25, 0.3) is 0 Å². The number of nitrogens with one attached hydrogen (secondary N) is 1. The van der Waals surface area contributed by atoms with E-state index in [1.165, 1.54) is 11.3 Å². The van der Waals surface area contributed by atoms with E-state index >= 15 is 0 Å². The number of carbonyl (C=O) groups excluding carboxylic acids is 2. The number of amides is 1. The van der Waals surface area contributed by atoms with Crippen molar-refractivity contribution in [2.75, 3.05) is 11.9 Å². The minimum absolute atomic E-state index is 0.353. The summed E-state index contributed by atoms with van der Waals surface area (Å²) >= 11 is 1.31. The molecule has 0 fully saturated rings. The van der Waals surface area contributed by atoms with Gasteiger partial charge in [0.1, 0.15) is 10.9 Å². The number of para-hydroxylation sites is 1. The first-order valence-corrected chi connectivity index (χ1v) is 6.94. The van der Waals surface area contributed by atoms with Crippen LogP contribution in [0.4, 0.5) is 5.69 Å². The molecule has 1 aromatic carbocycles. The Morgan fingerprint density at radius 1 is 1.29 bits per heavy atom. The van der Waals surface area contributed by atoms with Crippen molar-refractivity contribution < 1.29 is 14.3 Å². The van der Waals surface area contributed by atoms with Gasteiger partial charge in [-0.2, -0.15) is 5.26 Å². The number of aryl methyl sites for hydroxylation is 1. The summed E-state index contributed by atoms with van der Waals surface area (Å²) in [5.74, 6) is -1.02. The first-order valence-electron chi connectivity index (χ1n) is 6.12. The van der Waals surface area contributed by atoms with Crippen molar-refractivity contribution >= 4 is 28.9 Å². The van der Waals surface area contributed by atoms with E-state index in [4.69, 9.17) is 10.00 Å². The lowest BCUT2D eigenvalue weighted by Gasteiger charge is -2.07. The van der Waals surface area contributed by atoms with E-state index in [0.29, 0.717) is 16.1 Å². The van der Waals surface area contributed by atoms with Gasteiger partial charge in [0.25, 0.3) is 5.91 Å². The fourth-order valence-electron chi connectivity index (χ4n) is 1.62. The van der Waals surface area contributed by atoms with Crippen molar-refractivity contribution in [3.63, 3.8) is 0 Å². The number of esters is 1. The van der Waals surface area contributed by atoms with Gasteiger partial charge >= 0.3 is 5.97 Å². The third-order valence-electron chi connectivity index (χ3n) is 2.60. The van der Waals surface area contributed by atoms with Crippen LogP contribution in [-0.4, -0.2) is 18.5 Å². The van der Waals surface area contributed by atoms with Crippen LogP contribution in [-0.2, 0) is 9.53 Å². The number of rotatable bonds is 4. The fraction of sp³-hybridized carbons (Fsp3) is 0.133. The lowest BCUT2D eigenvalue weighted by molar-refractivity contribution is -0.119. The van der Waals surface area contributed by atoms with E-state index in [1.54, 1.807) is 30.3 Å². The van der Waals surface area contributed by atoms with E-state index in [2.05, 4.69) is 5.32 Å². The minimum atomic E-state index is -0.531. The molecule has 0 saturated carbocycles. The number of hydrogen-bond donors (Lipinski definition) is 1. The molecule has 0 atom stereocenters. The second-order valence-corrected chi connectivity index (χ2v) is 5.48. The molecule has 0 bridgehead atoms. The maximum atomic E-state index is 11.7. The van der Waals surface area contributed by atoms with Gasteiger partial charge in [0.2, 0.25) is 0 Å². The van der Waals surface area contributed by atoms with E-state index in [1.807, 2.05) is 19.1 Å². The Morgan fingerprint density at radius 2 is 2.05 bits per heavy atom. The number of nitrogens with zero attached hydrogens (tertiary/aromatic N) is 1. The van der Waals surface area contributed by atoms with E-state index in [-0.39, 0.29) is 0 Å². The molecule has 2 aromatic rings. The molecule has 2 rings (SSSR count). The van der Waals surface area contributed by atoms with Crippen LogP contribution in [0.5, 0.6) is 0 Å². The Bertz CT molecular complexity index is 716. The molecule has 0 unspecified atom stereocenters. The Morgan fingerprint density at radius 3 is 2.71 bits per heavy atom. The zero-order valence-electron chi connectivity index (χ0n) is 11.3. The highest BCUT2D eigenvalue weighted by Crippen LogP contribution is 2.16. The molecule has 1 heterocycles. The minimum Gasteiger partial charge on any atom is -0.451 e. The second kappa shape index (κ2) is 6.68. The van der Waals surface area contributed by atoms with Crippen molar-refractivity contribution in [2.45, 2.75) is 6.92 Å². The van der Waals surface area contributed by atoms with Crippen molar-refractivity contribution in [3.8, 4) is 6.07 Å². The third kappa shape index (κ3) is 3.91. The first-order chi connectivity index (χ1) is 10.1. The topological polar surface area (TPSA) is 79.2 Å². The molecule has 1 N–H and O–H groups in total. The molecular weight excluding hydrogens is 288 g/mol. The number of hydrogen-bond acceptors (Lipinski definition) is 5. The summed E-state index contributed by atoms with van der Waals surface area (Å²) in [6.07, 6.45) is 0. The van der Waals surface area contributed by atoms with E-state index in [0.717, 1.165) is 4.88 Å². The number of anilines is 1. The maximum absolute atomic E-state index is 11.7. The highest BCUT2D eigenvalue weighted by atomic mass is 32.1. The summed E-state index contributed by atoms with van der Waals surface area (Å²) in [5.41, 5.74) is 0.749. The van der Waals surface area contributed by atoms with Crippen molar-refractivity contribution in [1.29, 1.82) is 5.26 Å². The molecule has 6 heteroatoms. The molecule has 0 spiro atoms. The molecule has 21 heavy (non-hydrogen) atoms. The van der Waals surface area contributed by atoms with Gasteiger partial charge in [-0.15, -0.1) is 11.3 Å². The Balaban J connectivity index is 1.91. The average molecular weight is 300 g/mol. The SMILES string of the molecule is Cc1ccc(C(=O)OCC(=O)Nc2ccccc2C#N)s1. The number of nitriles is 1. The standard InChI is InChI=1S/C15H12N2O3S/c1-10-6-7-13(21-10)15(19)20-9-14(18)17-12-5-3-2-4-11(12)8-16/h2-7H,9H2,1H3,(H,17,18). The highest BCUT2D eigenvalue weighted by molar-refractivity contribution is 7.13. The number of thiophene rings is 1. The molecule has 1 aromatic heterocycles. The zero-order valence-corrected chi connectivity index (χ0v) is 12.1. The molecule has 0 aliphatic carbocycles. The number of ether oxygens (including phenoxy) is 1. The van der Waals surface area contributed by atoms with Gasteiger partial charge in [-0.1, -0.05) is 12.1 Å². The maximum Gasteiger partial charge on any atom is 0.348 e. The Hall–Kier alpha value is -2.65. The largest absolute Gasteiger partial charge is 0.451 e. The van der Waals surface area contributed by atoms with Gasteiger partial charge in [0.15, 0.2) is 6.61 Å². The van der Waals surface area contributed by atoms with Gasteiger partial charge in [-0.3, -0.25) is 4.79 Å².